The molecule has 0 bridgehead atoms. The first-order chi connectivity index (χ1) is 8.52. The van der Waals surface area contributed by atoms with Gasteiger partial charge in [0.2, 0.25) is 11.8 Å². The summed E-state index contributed by atoms with van der Waals surface area (Å²) in [6.45, 7) is 7.00. The number of hydrogen-bond donors (Lipinski definition) is 1. The van der Waals surface area contributed by atoms with Gasteiger partial charge in [0.05, 0.1) is 12.6 Å². The summed E-state index contributed by atoms with van der Waals surface area (Å²) in [7, 11) is 0. The summed E-state index contributed by atoms with van der Waals surface area (Å²) in [6, 6.07) is -0.734. The van der Waals surface area contributed by atoms with Crippen LogP contribution < -0.4 is 5.32 Å². The van der Waals surface area contributed by atoms with E-state index in [9.17, 15) is 9.59 Å². The third-order valence-electron chi connectivity index (χ3n) is 3.71. The lowest BCUT2D eigenvalue weighted by Crippen LogP contribution is -2.67. The monoisotopic (exact) mass is 254 g/mol. The topological polar surface area (TPSA) is 58.6 Å². The van der Waals surface area contributed by atoms with Gasteiger partial charge in [-0.3, -0.25) is 9.59 Å². The number of nitrogens with one attached hydrogen (secondary N) is 1. The predicted molar refractivity (Wildman–Crippen MR) is 66.9 cm³/mol. The SMILES string of the molecule is CC1NC(=O)C(C(C)C)N(C2CCCOC2)C1=O. The van der Waals surface area contributed by atoms with Gasteiger partial charge >= 0.3 is 0 Å². The summed E-state index contributed by atoms with van der Waals surface area (Å²) in [4.78, 5) is 26.2. The first-order valence-corrected chi connectivity index (χ1v) is 6.72. The Morgan fingerprint density at radius 1 is 1.39 bits per heavy atom. The summed E-state index contributed by atoms with van der Waals surface area (Å²) in [5.41, 5.74) is 0. The Bertz CT molecular complexity index is 337. The van der Waals surface area contributed by atoms with Gasteiger partial charge in [0, 0.05) is 6.61 Å². The molecule has 2 saturated heterocycles. The molecular weight excluding hydrogens is 232 g/mol. The predicted octanol–water partition coefficient (Wildman–Crippen LogP) is 0.537. The molecule has 0 aromatic rings. The number of amides is 2. The fourth-order valence-electron chi connectivity index (χ4n) is 2.82. The average Bonchev–Trinajstić information content (AvgIpc) is 2.34. The third kappa shape index (κ3) is 2.36. The summed E-state index contributed by atoms with van der Waals surface area (Å²) in [6.07, 6.45) is 1.88. The van der Waals surface area contributed by atoms with E-state index in [-0.39, 0.29) is 29.8 Å². The van der Waals surface area contributed by atoms with E-state index in [0.717, 1.165) is 19.4 Å². The van der Waals surface area contributed by atoms with Crippen LogP contribution in [0.5, 0.6) is 0 Å². The summed E-state index contributed by atoms with van der Waals surface area (Å²) in [5, 5.41) is 2.76. The van der Waals surface area contributed by atoms with Crippen molar-refractivity contribution in [3.63, 3.8) is 0 Å². The first kappa shape index (κ1) is 13.3. The van der Waals surface area contributed by atoms with Crippen LogP contribution in [0.4, 0.5) is 0 Å². The lowest BCUT2D eigenvalue weighted by molar-refractivity contribution is -0.156. The van der Waals surface area contributed by atoms with Crippen molar-refractivity contribution in [1.29, 1.82) is 0 Å². The van der Waals surface area contributed by atoms with Crippen LogP contribution in [0.2, 0.25) is 0 Å². The maximum absolute atomic E-state index is 12.3. The van der Waals surface area contributed by atoms with Gasteiger partial charge in [-0.25, -0.2) is 0 Å². The minimum absolute atomic E-state index is 0.0174. The van der Waals surface area contributed by atoms with Crippen LogP contribution >= 0.6 is 0 Å². The van der Waals surface area contributed by atoms with E-state index in [1.54, 1.807) is 11.8 Å². The highest BCUT2D eigenvalue weighted by Gasteiger charge is 2.43. The molecule has 102 valence electrons. The minimum atomic E-state index is -0.422. The van der Waals surface area contributed by atoms with Crippen LogP contribution in [0.15, 0.2) is 0 Å². The molecule has 2 fully saturated rings. The van der Waals surface area contributed by atoms with Crippen LogP contribution in [-0.2, 0) is 14.3 Å². The van der Waals surface area contributed by atoms with Gasteiger partial charge in [-0.1, -0.05) is 13.8 Å². The minimum Gasteiger partial charge on any atom is -0.379 e. The van der Waals surface area contributed by atoms with Gasteiger partial charge in [0.25, 0.3) is 0 Å². The average molecular weight is 254 g/mol. The van der Waals surface area contributed by atoms with Crippen LogP contribution in [0.3, 0.4) is 0 Å². The molecule has 2 aliphatic rings. The van der Waals surface area contributed by atoms with E-state index >= 15 is 0 Å². The van der Waals surface area contributed by atoms with E-state index in [1.165, 1.54) is 0 Å². The number of hydrogen-bond acceptors (Lipinski definition) is 3. The fourth-order valence-corrected chi connectivity index (χ4v) is 2.82. The standard InChI is InChI=1S/C13H22N2O3/c1-8(2)11-12(16)14-9(3)13(17)15(11)10-5-4-6-18-7-10/h8-11H,4-7H2,1-3H3,(H,14,16). The van der Waals surface area contributed by atoms with Gasteiger partial charge in [0.1, 0.15) is 12.1 Å². The molecule has 2 aliphatic heterocycles. The Morgan fingerprint density at radius 2 is 2.11 bits per heavy atom. The van der Waals surface area contributed by atoms with Gasteiger partial charge in [-0.05, 0) is 25.7 Å². The number of rotatable bonds is 2. The molecule has 5 heteroatoms. The Hall–Kier alpha value is -1.10. The van der Waals surface area contributed by atoms with Gasteiger partial charge in [-0.15, -0.1) is 0 Å². The second-order valence-electron chi connectivity index (χ2n) is 5.54. The zero-order valence-corrected chi connectivity index (χ0v) is 11.3. The molecule has 3 unspecified atom stereocenters. The highest BCUT2D eigenvalue weighted by Crippen LogP contribution is 2.24. The maximum atomic E-state index is 12.3. The Labute approximate surface area is 108 Å². The third-order valence-corrected chi connectivity index (χ3v) is 3.71. The molecule has 2 heterocycles. The molecular formula is C13H22N2O3. The molecule has 0 spiro atoms. The second kappa shape index (κ2) is 5.26. The highest BCUT2D eigenvalue weighted by molar-refractivity contribution is 5.97. The quantitative estimate of drug-likeness (QED) is 0.782. The van der Waals surface area contributed by atoms with E-state index in [1.807, 2.05) is 13.8 Å². The Kier molecular flexibility index (Phi) is 3.90. The lowest BCUT2D eigenvalue weighted by atomic mass is 9.94. The molecule has 0 aliphatic carbocycles. The van der Waals surface area contributed by atoms with Crippen molar-refractivity contribution in [2.24, 2.45) is 5.92 Å². The van der Waals surface area contributed by atoms with Gasteiger partial charge in [0.15, 0.2) is 0 Å². The molecule has 0 aromatic heterocycles. The van der Waals surface area contributed by atoms with Crippen molar-refractivity contribution in [3.8, 4) is 0 Å². The summed E-state index contributed by atoms with van der Waals surface area (Å²) < 4.78 is 5.46. The molecule has 2 amide bonds. The Morgan fingerprint density at radius 3 is 2.67 bits per heavy atom. The van der Waals surface area contributed by atoms with E-state index in [2.05, 4.69) is 5.32 Å². The molecule has 1 N–H and O–H groups in total. The van der Waals surface area contributed by atoms with E-state index in [4.69, 9.17) is 4.74 Å². The van der Waals surface area contributed by atoms with Crippen LogP contribution in [0, 0.1) is 5.92 Å². The molecule has 0 saturated carbocycles. The van der Waals surface area contributed by atoms with Gasteiger partial charge < -0.3 is 15.0 Å². The maximum Gasteiger partial charge on any atom is 0.245 e. The number of carbonyl (C=O) groups excluding carboxylic acids is 2. The van der Waals surface area contributed by atoms with Crippen molar-refractivity contribution in [1.82, 2.24) is 10.2 Å². The number of ether oxygens (including phenoxy) is 1. The normalized spacial score (nSPS) is 33.8. The molecule has 0 aromatic carbocycles. The first-order valence-electron chi connectivity index (χ1n) is 6.72. The molecule has 5 nitrogen and oxygen atoms in total. The van der Waals surface area contributed by atoms with Crippen LogP contribution in [0.25, 0.3) is 0 Å². The van der Waals surface area contributed by atoms with E-state index in [0.29, 0.717) is 6.61 Å². The van der Waals surface area contributed by atoms with Crippen molar-refractivity contribution in [2.75, 3.05) is 13.2 Å². The summed E-state index contributed by atoms with van der Waals surface area (Å²) in [5.74, 6) is 0.0925. The zero-order chi connectivity index (χ0) is 13.3. The molecule has 2 rings (SSSR count). The number of nitrogens with zero attached hydrogens (tertiary/aromatic N) is 1. The number of piperazine rings is 1. The van der Waals surface area contributed by atoms with Crippen LogP contribution in [0.1, 0.15) is 33.6 Å². The molecule has 3 atom stereocenters. The van der Waals surface area contributed by atoms with Crippen molar-refractivity contribution >= 4 is 11.8 Å². The highest BCUT2D eigenvalue weighted by atomic mass is 16.5. The zero-order valence-electron chi connectivity index (χ0n) is 11.3. The van der Waals surface area contributed by atoms with E-state index < -0.39 is 6.04 Å². The van der Waals surface area contributed by atoms with Gasteiger partial charge in [-0.2, -0.15) is 0 Å². The largest absolute Gasteiger partial charge is 0.379 e. The van der Waals surface area contributed by atoms with Crippen LogP contribution in [-0.4, -0.2) is 48.1 Å². The molecule has 18 heavy (non-hydrogen) atoms. The second-order valence-corrected chi connectivity index (χ2v) is 5.54. The van der Waals surface area contributed by atoms with Crippen molar-refractivity contribution in [3.05, 3.63) is 0 Å². The smallest absolute Gasteiger partial charge is 0.245 e. The fraction of sp³-hybridized carbons (Fsp3) is 0.846. The molecule has 0 radical (unpaired) electrons. The Balaban J connectivity index is 2.24. The van der Waals surface area contributed by atoms with Crippen molar-refractivity contribution in [2.45, 2.75) is 51.7 Å². The summed E-state index contributed by atoms with van der Waals surface area (Å²) >= 11 is 0. The lowest BCUT2D eigenvalue weighted by Gasteiger charge is -2.45. The van der Waals surface area contributed by atoms with Crippen molar-refractivity contribution < 1.29 is 14.3 Å². The number of carbonyl (C=O) groups is 2.